The van der Waals surface area contributed by atoms with E-state index < -0.39 is 0 Å². The maximum absolute atomic E-state index is 12.3. The van der Waals surface area contributed by atoms with Gasteiger partial charge in [-0.1, -0.05) is 32.9 Å². The average Bonchev–Trinajstić information content (AvgIpc) is 2.40. The highest BCUT2D eigenvalue weighted by Gasteiger charge is 2.45. The summed E-state index contributed by atoms with van der Waals surface area (Å²) in [5.74, 6) is -0.322. The van der Waals surface area contributed by atoms with E-state index in [1.54, 1.807) is 13.0 Å². The normalized spacial score (nSPS) is 34.2. The third-order valence-electron chi connectivity index (χ3n) is 5.10. The van der Waals surface area contributed by atoms with E-state index in [4.69, 9.17) is 4.74 Å². The van der Waals surface area contributed by atoms with Crippen LogP contribution in [0, 0.1) is 23.2 Å². The summed E-state index contributed by atoms with van der Waals surface area (Å²) in [6.07, 6.45) is 7.73. The van der Waals surface area contributed by atoms with Crippen LogP contribution in [-0.2, 0) is 14.3 Å². The number of fused-ring (bicyclic) bond motifs is 1. The van der Waals surface area contributed by atoms with Crippen molar-refractivity contribution in [1.29, 1.82) is 0 Å². The van der Waals surface area contributed by atoms with E-state index in [1.807, 2.05) is 6.92 Å². The van der Waals surface area contributed by atoms with E-state index in [0.717, 1.165) is 18.4 Å². The molecule has 0 bridgehead atoms. The third kappa shape index (κ3) is 2.46. The summed E-state index contributed by atoms with van der Waals surface area (Å²) >= 11 is 0. The van der Waals surface area contributed by atoms with E-state index >= 15 is 0 Å². The lowest BCUT2D eigenvalue weighted by Gasteiger charge is -2.44. The molecule has 0 aromatic rings. The van der Waals surface area contributed by atoms with Gasteiger partial charge in [0, 0.05) is 5.92 Å². The second-order valence-corrected chi connectivity index (χ2v) is 6.31. The van der Waals surface area contributed by atoms with E-state index in [9.17, 15) is 9.59 Å². The quantitative estimate of drug-likeness (QED) is 0.743. The topological polar surface area (TPSA) is 43.4 Å². The molecule has 0 saturated heterocycles. The number of ether oxygens (including phenoxy) is 1. The largest absolute Gasteiger partial charge is 0.466 e. The average molecular weight is 276 g/mol. The molecule has 0 spiro atoms. The van der Waals surface area contributed by atoms with Crippen molar-refractivity contribution >= 4 is 11.8 Å². The number of rotatable bonds is 3. The van der Waals surface area contributed by atoms with Gasteiger partial charge in [0.2, 0.25) is 0 Å². The number of esters is 1. The lowest BCUT2D eigenvalue weighted by molar-refractivity contribution is -0.152. The SMILES string of the molecule is CCOC(=O)[C@H](C)[C@@H]1C[C@@]2(C)C(=CC1=O)C=CC[C@@H]2C. The molecule has 2 aliphatic rings. The van der Waals surface area contributed by atoms with Gasteiger partial charge < -0.3 is 4.74 Å². The van der Waals surface area contributed by atoms with Gasteiger partial charge in [-0.25, -0.2) is 0 Å². The molecule has 2 rings (SSSR count). The van der Waals surface area contributed by atoms with Crippen LogP contribution < -0.4 is 0 Å². The van der Waals surface area contributed by atoms with Gasteiger partial charge in [0.1, 0.15) is 0 Å². The molecule has 0 aliphatic heterocycles. The molecule has 0 radical (unpaired) electrons. The number of ketones is 1. The summed E-state index contributed by atoms with van der Waals surface area (Å²) in [5, 5.41) is 0. The van der Waals surface area contributed by atoms with Gasteiger partial charge in [-0.05, 0) is 42.7 Å². The van der Waals surface area contributed by atoms with Crippen LogP contribution in [0.1, 0.15) is 40.5 Å². The Hall–Kier alpha value is -1.38. The fourth-order valence-electron chi connectivity index (χ4n) is 3.35. The molecule has 0 aromatic heterocycles. The van der Waals surface area contributed by atoms with E-state index in [1.165, 1.54) is 0 Å². The van der Waals surface area contributed by atoms with Crippen LogP contribution in [-0.4, -0.2) is 18.4 Å². The smallest absolute Gasteiger partial charge is 0.309 e. The molecule has 0 amide bonds. The monoisotopic (exact) mass is 276 g/mol. The van der Waals surface area contributed by atoms with Crippen LogP contribution in [0.25, 0.3) is 0 Å². The minimum Gasteiger partial charge on any atom is -0.466 e. The molecule has 0 heterocycles. The van der Waals surface area contributed by atoms with Crippen molar-refractivity contribution in [2.24, 2.45) is 23.2 Å². The van der Waals surface area contributed by atoms with E-state index in [-0.39, 0.29) is 29.0 Å². The predicted molar refractivity (Wildman–Crippen MR) is 78.0 cm³/mol. The minimum atomic E-state index is -0.366. The zero-order valence-corrected chi connectivity index (χ0v) is 12.8. The number of hydrogen-bond donors (Lipinski definition) is 0. The lowest BCUT2D eigenvalue weighted by Crippen LogP contribution is -2.41. The molecule has 0 saturated carbocycles. The summed E-state index contributed by atoms with van der Waals surface area (Å²) in [6.45, 7) is 8.40. The Kier molecular flexibility index (Phi) is 4.17. The molecule has 0 N–H and O–H groups in total. The van der Waals surface area contributed by atoms with Crippen LogP contribution >= 0.6 is 0 Å². The second kappa shape index (κ2) is 5.55. The summed E-state index contributed by atoms with van der Waals surface area (Å²) < 4.78 is 5.08. The maximum Gasteiger partial charge on any atom is 0.309 e. The van der Waals surface area contributed by atoms with Crippen LogP contribution in [0.5, 0.6) is 0 Å². The second-order valence-electron chi connectivity index (χ2n) is 6.31. The molecule has 0 fully saturated rings. The molecule has 3 nitrogen and oxygen atoms in total. The van der Waals surface area contributed by atoms with Crippen molar-refractivity contribution in [1.82, 2.24) is 0 Å². The van der Waals surface area contributed by atoms with Crippen molar-refractivity contribution in [3.63, 3.8) is 0 Å². The van der Waals surface area contributed by atoms with Crippen LogP contribution in [0.4, 0.5) is 0 Å². The van der Waals surface area contributed by atoms with Crippen LogP contribution in [0.3, 0.4) is 0 Å². The van der Waals surface area contributed by atoms with Crippen molar-refractivity contribution in [3.8, 4) is 0 Å². The van der Waals surface area contributed by atoms with Crippen LogP contribution in [0.2, 0.25) is 0 Å². The van der Waals surface area contributed by atoms with Gasteiger partial charge in [-0.3, -0.25) is 9.59 Å². The summed E-state index contributed by atoms with van der Waals surface area (Å²) in [7, 11) is 0. The molecule has 4 atom stereocenters. The Morgan fingerprint density at radius 2 is 2.25 bits per heavy atom. The van der Waals surface area contributed by atoms with Gasteiger partial charge in [0.05, 0.1) is 12.5 Å². The molecule has 0 unspecified atom stereocenters. The Bertz CT molecular complexity index is 475. The molecule has 3 heteroatoms. The van der Waals surface area contributed by atoms with Gasteiger partial charge in [0.25, 0.3) is 0 Å². The maximum atomic E-state index is 12.3. The highest BCUT2D eigenvalue weighted by molar-refractivity contribution is 5.97. The predicted octanol–water partition coefficient (Wildman–Crippen LogP) is 3.30. The Morgan fingerprint density at radius 3 is 2.90 bits per heavy atom. The third-order valence-corrected chi connectivity index (χ3v) is 5.10. The standard InChI is InChI=1S/C17H24O3/c1-5-20-16(19)12(3)14-10-17(4)11(2)7-6-8-13(17)9-15(14)18/h6,8-9,11-12,14H,5,7,10H2,1-4H3/t11-,12+,14-,17+/m0/s1. The highest BCUT2D eigenvalue weighted by atomic mass is 16.5. The van der Waals surface area contributed by atoms with Gasteiger partial charge in [-0.2, -0.15) is 0 Å². The summed E-state index contributed by atoms with van der Waals surface area (Å²) in [6, 6.07) is 0. The number of hydrogen-bond acceptors (Lipinski definition) is 3. The zero-order chi connectivity index (χ0) is 14.9. The number of allylic oxidation sites excluding steroid dienone is 4. The number of carbonyl (C=O) groups excluding carboxylic acids is 2. The van der Waals surface area contributed by atoms with Crippen molar-refractivity contribution in [3.05, 3.63) is 23.8 Å². The molecule has 110 valence electrons. The summed E-state index contributed by atoms with van der Waals surface area (Å²) in [4.78, 5) is 24.3. The van der Waals surface area contributed by atoms with Gasteiger partial charge in [0.15, 0.2) is 5.78 Å². The first-order valence-corrected chi connectivity index (χ1v) is 7.49. The molecule has 2 aliphatic carbocycles. The van der Waals surface area contributed by atoms with Crippen LogP contribution in [0.15, 0.2) is 23.8 Å². The number of carbonyl (C=O) groups is 2. The van der Waals surface area contributed by atoms with E-state index in [2.05, 4.69) is 26.0 Å². The highest BCUT2D eigenvalue weighted by Crippen LogP contribution is 2.50. The Labute approximate surface area is 121 Å². The Morgan fingerprint density at radius 1 is 1.55 bits per heavy atom. The van der Waals surface area contributed by atoms with Gasteiger partial charge >= 0.3 is 5.97 Å². The first-order valence-electron chi connectivity index (χ1n) is 7.49. The Balaban J connectivity index is 2.27. The van der Waals surface area contributed by atoms with E-state index in [0.29, 0.717) is 12.5 Å². The van der Waals surface area contributed by atoms with Crippen molar-refractivity contribution in [2.75, 3.05) is 6.61 Å². The molecular formula is C17H24O3. The molecule has 20 heavy (non-hydrogen) atoms. The summed E-state index contributed by atoms with van der Waals surface area (Å²) in [5.41, 5.74) is 1.11. The molecule has 0 aromatic carbocycles. The molecular weight excluding hydrogens is 252 g/mol. The van der Waals surface area contributed by atoms with Crippen molar-refractivity contribution in [2.45, 2.75) is 40.5 Å². The van der Waals surface area contributed by atoms with Gasteiger partial charge in [-0.15, -0.1) is 0 Å². The first kappa shape index (κ1) is 15.0. The van der Waals surface area contributed by atoms with Crippen molar-refractivity contribution < 1.29 is 14.3 Å². The fraction of sp³-hybridized carbons (Fsp3) is 0.647. The first-order chi connectivity index (χ1) is 9.40. The lowest BCUT2D eigenvalue weighted by atomic mass is 9.59. The fourth-order valence-corrected chi connectivity index (χ4v) is 3.35. The zero-order valence-electron chi connectivity index (χ0n) is 12.8. The minimum absolute atomic E-state index is 0.00587.